The van der Waals surface area contributed by atoms with E-state index in [0.29, 0.717) is 30.6 Å². The number of ether oxygens (including phenoxy) is 2. The number of nitrogens with zero attached hydrogens (tertiary/aromatic N) is 2. The monoisotopic (exact) mass is 542 g/mol. The minimum absolute atomic E-state index is 0.151. The SMILES string of the molecule is CC(C)(C)OC(=O)N1CC2N(C(=O)OC(C)(C)C)CCC2(Cc2ccc(F)cc2)c2ccc(C(C)(C)F)cc21. The first-order valence-corrected chi connectivity index (χ1v) is 13.5. The predicted molar refractivity (Wildman–Crippen MR) is 147 cm³/mol. The van der Waals surface area contributed by atoms with E-state index in [1.807, 2.05) is 26.8 Å². The summed E-state index contributed by atoms with van der Waals surface area (Å²) in [5.74, 6) is -0.329. The third-order valence-corrected chi connectivity index (χ3v) is 7.35. The topological polar surface area (TPSA) is 59.1 Å². The van der Waals surface area contributed by atoms with Gasteiger partial charge >= 0.3 is 12.2 Å². The summed E-state index contributed by atoms with van der Waals surface area (Å²) < 4.78 is 40.4. The molecule has 0 bridgehead atoms. The number of benzene rings is 2. The highest BCUT2D eigenvalue weighted by atomic mass is 19.1. The fraction of sp³-hybridized carbons (Fsp3) is 0.548. The molecule has 2 aliphatic rings. The van der Waals surface area contributed by atoms with E-state index in [1.165, 1.54) is 30.9 Å². The summed E-state index contributed by atoms with van der Waals surface area (Å²) >= 11 is 0. The van der Waals surface area contributed by atoms with Gasteiger partial charge in [-0.15, -0.1) is 0 Å². The van der Waals surface area contributed by atoms with Crippen LogP contribution >= 0.6 is 0 Å². The van der Waals surface area contributed by atoms with E-state index in [9.17, 15) is 14.0 Å². The van der Waals surface area contributed by atoms with Crippen LogP contribution < -0.4 is 4.90 Å². The number of alkyl halides is 1. The van der Waals surface area contributed by atoms with Crippen molar-refractivity contribution in [2.24, 2.45) is 0 Å². The molecule has 2 aromatic rings. The number of likely N-dealkylation sites (tertiary alicyclic amines) is 1. The lowest BCUT2D eigenvalue weighted by Gasteiger charge is -2.47. The minimum Gasteiger partial charge on any atom is -0.444 e. The third-order valence-electron chi connectivity index (χ3n) is 7.35. The molecular weight excluding hydrogens is 502 g/mol. The zero-order valence-electron chi connectivity index (χ0n) is 24.2. The van der Waals surface area contributed by atoms with Gasteiger partial charge in [0.1, 0.15) is 22.7 Å². The number of rotatable bonds is 3. The van der Waals surface area contributed by atoms with Gasteiger partial charge in [-0.2, -0.15) is 0 Å². The van der Waals surface area contributed by atoms with Crippen LogP contribution in [0.25, 0.3) is 0 Å². The standard InChI is InChI=1S/C31H40F2N2O4/c1-28(2,3)38-26(36)34-16-15-31(18-20-9-12-22(32)13-10-20)23-14-11-21(30(7,8)33)17-24(23)35(19-25(31)34)27(37)39-29(4,5)6/h9-14,17,25H,15-16,18-19H2,1-8H3. The number of fused-ring (bicyclic) bond motifs is 3. The van der Waals surface area contributed by atoms with Gasteiger partial charge in [-0.1, -0.05) is 24.3 Å². The summed E-state index contributed by atoms with van der Waals surface area (Å²) in [5, 5.41) is 0. The number of hydrogen-bond donors (Lipinski definition) is 0. The second kappa shape index (κ2) is 9.79. The number of anilines is 1. The average molecular weight is 543 g/mol. The second-order valence-corrected chi connectivity index (χ2v) is 13.2. The molecule has 0 radical (unpaired) electrons. The fourth-order valence-electron chi connectivity index (χ4n) is 5.64. The van der Waals surface area contributed by atoms with Gasteiger partial charge in [0, 0.05) is 12.0 Å². The van der Waals surface area contributed by atoms with Crippen molar-refractivity contribution >= 4 is 17.9 Å². The van der Waals surface area contributed by atoms with Crippen LogP contribution in [0.4, 0.5) is 24.1 Å². The van der Waals surface area contributed by atoms with Gasteiger partial charge in [0.05, 0.1) is 18.3 Å². The lowest BCUT2D eigenvalue weighted by atomic mass is 9.67. The van der Waals surface area contributed by atoms with Crippen LogP contribution in [0.2, 0.25) is 0 Å². The van der Waals surface area contributed by atoms with Crippen LogP contribution in [-0.2, 0) is 27.0 Å². The molecule has 8 heteroatoms. The molecule has 0 aliphatic carbocycles. The van der Waals surface area contributed by atoms with Crippen molar-refractivity contribution in [2.45, 2.75) is 96.6 Å². The fourth-order valence-corrected chi connectivity index (χ4v) is 5.64. The summed E-state index contributed by atoms with van der Waals surface area (Å²) in [5.41, 5.74) is -0.957. The van der Waals surface area contributed by atoms with E-state index in [2.05, 4.69) is 0 Å². The molecule has 2 aromatic carbocycles. The van der Waals surface area contributed by atoms with E-state index < -0.39 is 40.5 Å². The summed E-state index contributed by atoms with van der Waals surface area (Å²) in [4.78, 5) is 30.2. The summed E-state index contributed by atoms with van der Waals surface area (Å²) in [6.45, 7) is 14.3. The van der Waals surface area contributed by atoms with Crippen LogP contribution in [0.3, 0.4) is 0 Å². The quantitative estimate of drug-likeness (QED) is 0.409. The van der Waals surface area contributed by atoms with Crippen LogP contribution in [-0.4, -0.2) is 47.4 Å². The average Bonchev–Trinajstić information content (AvgIpc) is 3.16. The zero-order valence-corrected chi connectivity index (χ0v) is 24.2. The first-order chi connectivity index (χ1) is 17.9. The first kappa shape index (κ1) is 28.8. The van der Waals surface area contributed by atoms with Crippen molar-refractivity contribution in [1.82, 2.24) is 4.90 Å². The van der Waals surface area contributed by atoms with Crippen LogP contribution in [0.5, 0.6) is 0 Å². The maximum atomic E-state index is 15.1. The third kappa shape index (κ3) is 6.04. The number of amides is 2. The maximum absolute atomic E-state index is 15.1. The maximum Gasteiger partial charge on any atom is 0.414 e. The molecule has 39 heavy (non-hydrogen) atoms. The van der Waals surface area contributed by atoms with Gasteiger partial charge in [0.15, 0.2) is 0 Å². The Morgan fingerprint density at radius 2 is 1.51 bits per heavy atom. The summed E-state index contributed by atoms with van der Waals surface area (Å²) in [6, 6.07) is 11.2. The van der Waals surface area contributed by atoms with Crippen molar-refractivity contribution in [1.29, 1.82) is 0 Å². The van der Waals surface area contributed by atoms with Crippen LogP contribution in [0.15, 0.2) is 42.5 Å². The van der Waals surface area contributed by atoms with Gasteiger partial charge < -0.3 is 14.4 Å². The van der Waals surface area contributed by atoms with E-state index in [1.54, 1.807) is 49.9 Å². The van der Waals surface area contributed by atoms with E-state index in [-0.39, 0.29) is 12.4 Å². The zero-order chi connectivity index (χ0) is 29.0. The smallest absolute Gasteiger partial charge is 0.414 e. The normalized spacial score (nSPS) is 21.3. The Hall–Kier alpha value is -3.16. The lowest BCUT2D eigenvalue weighted by molar-refractivity contribution is 0.0185. The molecule has 6 nitrogen and oxygen atoms in total. The summed E-state index contributed by atoms with van der Waals surface area (Å²) in [7, 11) is 0. The summed E-state index contributed by atoms with van der Waals surface area (Å²) in [6.07, 6.45) is 0.0820. The van der Waals surface area contributed by atoms with Crippen molar-refractivity contribution in [3.05, 3.63) is 65.0 Å². The van der Waals surface area contributed by atoms with Crippen LogP contribution in [0, 0.1) is 5.82 Å². The predicted octanol–water partition coefficient (Wildman–Crippen LogP) is 7.28. The molecule has 0 spiro atoms. The Balaban J connectivity index is 1.89. The largest absolute Gasteiger partial charge is 0.444 e. The number of halogens is 2. The Morgan fingerprint density at radius 1 is 0.923 bits per heavy atom. The van der Waals surface area contributed by atoms with E-state index >= 15 is 4.39 Å². The van der Waals surface area contributed by atoms with Gasteiger partial charge in [-0.25, -0.2) is 18.4 Å². The Bertz CT molecular complexity index is 1240. The highest BCUT2D eigenvalue weighted by Crippen LogP contribution is 2.51. The molecule has 1 fully saturated rings. The molecule has 0 aromatic heterocycles. The number of carbonyl (C=O) groups excluding carboxylic acids is 2. The van der Waals surface area contributed by atoms with Gasteiger partial charge in [-0.3, -0.25) is 4.90 Å². The molecule has 2 heterocycles. The molecule has 2 unspecified atom stereocenters. The molecule has 4 rings (SSSR count). The molecule has 2 amide bonds. The number of hydrogen-bond acceptors (Lipinski definition) is 4. The van der Waals surface area contributed by atoms with E-state index in [4.69, 9.17) is 9.47 Å². The van der Waals surface area contributed by atoms with Gasteiger partial charge in [0.25, 0.3) is 0 Å². The second-order valence-electron chi connectivity index (χ2n) is 13.2. The molecule has 2 atom stereocenters. The van der Waals surface area contributed by atoms with Gasteiger partial charge in [0.2, 0.25) is 0 Å². The Labute approximate surface area is 230 Å². The Kier molecular flexibility index (Phi) is 7.24. The van der Waals surface area contributed by atoms with Crippen molar-refractivity contribution in [3.63, 3.8) is 0 Å². The Morgan fingerprint density at radius 3 is 2.08 bits per heavy atom. The highest BCUT2D eigenvalue weighted by Gasteiger charge is 2.56. The van der Waals surface area contributed by atoms with Crippen molar-refractivity contribution < 1.29 is 27.8 Å². The minimum atomic E-state index is -1.63. The van der Waals surface area contributed by atoms with Crippen molar-refractivity contribution in [3.8, 4) is 0 Å². The van der Waals surface area contributed by atoms with Crippen molar-refractivity contribution in [2.75, 3.05) is 18.0 Å². The molecule has 212 valence electrons. The lowest BCUT2D eigenvalue weighted by Crippen LogP contribution is -2.58. The molecule has 0 saturated carbocycles. The van der Waals surface area contributed by atoms with Crippen LogP contribution in [0.1, 0.15) is 78.5 Å². The number of carbonyl (C=O) groups is 2. The first-order valence-electron chi connectivity index (χ1n) is 13.5. The molecule has 1 saturated heterocycles. The molecular formula is C31H40F2N2O4. The van der Waals surface area contributed by atoms with Gasteiger partial charge in [-0.05, 0) is 103 Å². The molecule has 2 aliphatic heterocycles. The highest BCUT2D eigenvalue weighted by molar-refractivity contribution is 5.91. The molecule has 0 N–H and O–H groups in total. The van der Waals surface area contributed by atoms with E-state index in [0.717, 1.165) is 11.1 Å².